The summed E-state index contributed by atoms with van der Waals surface area (Å²) in [6, 6.07) is 0. The zero-order chi connectivity index (χ0) is 10.3. The van der Waals surface area contributed by atoms with E-state index in [1.54, 1.807) is 0 Å². The van der Waals surface area contributed by atoms with Crippen LogP contribution in [0, 0.1) is 5.92 Å². The maximum Gasteiger partial charge on any atom is 0.148 e. The van der Waals surface area contributed by atoms with Gasteiger partial charge in [0.15, 0.2) is 0 Å². The summed E-state index contributed by atoms with van der Waals surface area (Å²) < 4.78 is 0. The molecule has 3 N–H and O–H groups in total. The first-order valence-corrected chi connectivity index (χ1v) is 5.40. The average molecular weight is 193 g/mol. The number of nitrogens with two attached hydrogens (primary N) is 1. The van der Waals surface area contributed by atoms with Crippen LogP contribution >= 0.6 is 0 Å². The summed E-state index contributed by atoms with van der Waals surface area (Å²) in [7, 11) is 0. The number of hydrogen-bond acceptors (Lipinski definition) is 2. The highest BCUT2D eigenvalue weighted by Crippen LogP contribution is 2.47. The normalized spacial score (nSPS) is 17.4. The van der Waals surface area contributed by atoms with Crippen molar-refractivity contribution in [2.45, 2.75) is 45.4 Å². The quantitative estimate of drug-likeness (QED) is 0.773. The molecule has 1 fully saturated rings. The predicted octanol–water partition coefficient (Wildman–Crippen LogP) is 2.24. The van der Waals surface area contributed by atoms with E-state index in [9.17, 15) is 0 Å². The SMILES string of the molecule is CCc1c(N)n[nH]c1C(C)(C)C1CC1. The number of anilines is 1. The van der Waals surface area contributed by atoms with E-state index >= 15 is 0 Å². The summed E-state index contributed by atoms with van der Waals surface area (Å²) in [6.07, 6.45) is 3.65. The Morgan fingerprint density at radius 3 is 2.64 bits per heavy atom. The minimum absolute atomic E-state index is 0.218. The van der Waals surface area contributed by atoms with Crippen molar-refractivity contribution in [3.05, 3.63) is 11.3 Å². The standard InChI is InChI=1S/C11H19N3/c1-4-8-9(13-14-10(8)12)11(2,3)7-5-6-7/h7H,4-6H2,1-3H3,(H3,12,13,14). The van der Waals surface area contributed by atoms with Crippen molar-refractivity contribution in [1.82, 2.24) is 10.2 Å². The Hall–Kier alpha value is -0.990. The van der Waals surface area contributed by atoms with Crippen molar-refractivity contribution in [1.29, 1.82) is 0 Å². The number of aromatic amines is 1. The average Bonchev–Trinajstić information content (AvgIpc) is 2.90. The predicted molar refractivity (Wildman–Crippen MR) is 58.1 cm³/mol. The fraction of sp³-hybridized carbons (Fsp3) is 0.727. The van der Waals surface area contributed by atoms with E-state index in [1.165, 1.54) is 24.1 Å². The molecule has 2 rings (SSSR count). The van der Waals surface area contributed by atoms with Gasteiger partial charge in [-0.2, -0.15) is 5.10 Å². The molecule has 0 unspecified atom stereocenters. The Labute approximate surface area is 85.1 Å². The summed E-state index contributed by atoms with van der Waals surface area (Å²) in [6.45, 7) is 6.71. The maximum absolute atomic E-state index is 5.83. The molecule has 1 heterocycles. The lowest BCUT2D eigenvalue weighted by molar-refractivity contribution is 0.436. The molecule has 3 heteroatoms. The number of nitrogen functional groups attached to an aromatic ring is 1. The van der Waals surface area contributed by atoms with E-state index in [0.29, 0.717) is 5.82 Å². The Morgan fingerprint density at radius 1 is 1.50 bits per heavy atom. The van der Waals surface area contributed by atoms with Gasteiger partial charge in [-0.25, -0.2) is 0 Å². The van der Waals surface area contributed by atoms with E-state index in [1.807, 2.05) is 0 Å². The number of aromatic nitrogens is 2. The third kappa shape index (κ3) is 1.31. The van der Waals surface area contributed by atoms with Crippen LogP contribution in [-0.2, 0) is 11.8 Å². The molecule has 1 aliphatic rings. The van der Waals surface area contributed by atoms with Gasteiger partial charge < -0.3 is 5.73 Å². The van der Waals surface area contributed by atoms with E-state index in [-0.39, 0.29) is 5.41 Å². The second-order valence-electron chi connectivity index (χ2n) is 4.81. The number of rotatable bonds is 3. The summed E-state index contributed by atoms with van der Waals surface area (Å²) in [5.74, 6) is 1.49. The molecule has 0 bridgehead atoms. The molecule has 0 aliphatic heterocycles. The van der Waals surface area contributed by atoms with Gasteiger partial charge in [0, 0.05) is 16.7 Å². The zero-order valence-electron chi connectivity index (χ0n) is 9.22. The number of nitrogens with one attached hydrogen (secondary N) is 1. The summed E-state index contributed by atoms with van der Waals surface area (Å²) in [5.41, 5.74) is 8.51. The van der Waals surface area contributed by atoms with Gasteiger partial charge in [0.2, 0.25) is 0 Å². The monoisotopic (exact) mass is 193 g/mol. The Balaban J connectivity index is 2.39. The van der Waals surface area contributed by atoms with Gasteiger partial charge in [0.1, 0.15) is 5.82 Å². The third-order valence-electron chi connectivity index (χ3n) is 3.49. The number of nitrogens with zero attached hydrogens (tertiary/aromatic N) is 1. The largest absolute Gasteiger partial charge is 0.382 e. The lowest BCUT2D eigenvalue weighted by Gasteiger charge is -2.24. The van der Waals surface area contributed by atoms with Crippen LogP contribution < -0.4 is 5.73 Å². The van der Waals surface area contributed by atoms with Crippen LogP contribution in [0.25, 0.3) is 0 Å². The van der Waals surface area contributed by atoms with Gasteiger partial charge in [-0.1, -0.05) is 20.8 Å². The smallest absolute Gasteiger partial charge is 0.148 e. The molecule has 0 atom stereocenters. The van der Waals surface area contributed by atoms with Crippen molar-refractivity contribution in [2.24, 2.45) is 5.92 Å². The summed E-state index contributed by atoms with van der Waals surface area (Å²) >= 11 is 0. The van der Waals surface area contributed by atoms with Crippen LogP contribution in [0.1, 0.15) is 44.9 Å². The fourth-order valence-electron chi connectivity index (χ4n) is 2.28. The van der Waals surface area contributed by atoms with Crippen LogP contribution in [0.4, 0.5) is 5.82 Å². The second kappa shape index (κ2) is 3.01. The molecule has 0 spiro atoms. The first kappa shape index (κ1) is 9.56. The molecule has 3 nitrogen and oxygen atoms in total. The highest BCUT2D eigenvalue weighted by Gasteiger charge is 2.41. The molecule has 0 saturated heterocycles. The molecule has 1 aromatic rings. The van der Waals surface area contributed by atoms with E-state index < -0.39 is 0 Å². The lowest BCUT2D eigenvalue weighted by Crippen LogP contribution is -2.22. The van der Waals surface area contributed by atoms with Gasteiger partial charge in [-0.05, 0) is 25.2 Å². The van der Waals surface area contributed by atoms with Crippen LogP contribution in [-0.4, -0.2) is 10.2 Å². The fourth-order valence-corrected chi connectivity index (χ4v) is 2.28. The first-order valence-electron chi connectivity index (χ1n) is 5.40. The molecule has 78 valence electrons. The zero-order valence-corrected chi connectivity index (χ0v) is 9.22. The molecule has 0 radical (unpaired) electrons. The van der Waals surface area contributed by atoms with Gasteiger partial charge in [-0.3, -0.25) is 5.10 Å². The molecular formula is C11H19N3. The molecule has 1 aliphatic carbocycles. The Morgan fingerprint density at radius 2 is 2.14 bits per heavy atom. The number of hydrogen-bond donors (Lipinski definition) is 2. The van der Waals surface area contributed by atoms with Crippen LogP contribution in [0.5, 0.6) is 0 Å². The molecule has 1 saturated carbocycles. The van der Waals surface area contributed by atoms with Gasteiger partial charge >= 0.3 is 0 Å². The van der Waals surface area contributed by atoms with Gasteiger partial charge in [0.25, 0.3) is 0 Å². The molecule has 0 aromatic carbocycles. The van der Waals surface area contributed by atoms with Crippen molar-refractivity contribution in [3.63, 3.8) is 0 Å². The summed E-state index contributed by atoms with van der Waals surface area (Å²) in [5, 5.41) is 7.23. The van der Waals surface area contributed by atoms with Crippen LogP contribution in [0.15, 0.2) is 0 Å². The van der Waals surface area contributed by atoms with Gasteiger partial charge in [-0.15, -0.1) is 0 Å². The molecule has 14 heavy (non-hydrogen) atoms. The van der Waals surface area contributed by atoms with Crippen LogP contribution in [0.3, 0.4) is 0 Å². The lowest BCUT2D eigenvalue weighted by atomic mass is 9.81. The third-order valence-corrected chi connectivity index (χ3v) is 3.49. The molecule has 0 amide bonds. The topological polar surface area (TPSA) is 54.7 Å². The van der Waals surface area contributed by atoms with E-state index in [0.717, 1.165) is 12.3 Å². The van der Waals surface area contributed by atoms with E-state index in [2.05, 4.69) is 31.0 Å². The number of H-pyrrole nitrogens is 1. The highest BCUT2D eigenvalue weighted by molar-refractivity contribution is 5.45. The van der Waals surface area contributed by atoms with E-state index in [4.69, 9.17) is 5.73 Å². The van der Waals surface area contributed by atoms with Crippen LogP contribution in [0.2, 0.25) is 0 Å². The Bertz CT molecular complexity index is 334. The summed E-state index contributed by atoms with van der Waals surface area (Å²) in [4.78, 5) is 0. The molecule has 1 aromatic heterocycles. The maximum atomic E-state index is 5.83. The minimum Gasteiger partial charge on any atom is -0.382 e. The van der Waals surface area contributed by atoms with Crippen molar-refractivity contribution in [2.75, 3.05) is 5.73 Å². The molecular weight excluding hydrogens is 174 g/mol. The van der Waals surface area contributed by atoms with Crippen molar-refractivity contribution >= 4 is 5.82 Å². The first-order chi connectivity index (χ1) is 6.57. The van der Waals surface area contributed by atoms with Crippen molar-refractivity contribution in [3.8, 4) is 0 Å². The van der Waals surface area contributed by atoms with Gasteiger partial charge in [0.05, 0.1) is 0 Å². The minimum atomic E-state index is 0.218. The highest BCUT2D eigenvalue weighted by atomic mass is 15.2. The van der Waals surface area contributed by atoms with Crippen molar-refractivity contribution < 1.29 is 0 Å². The second-order valence-corrected chi connectivity index (χ2v) is 4.81. The Kier molecular flexibility index (Phi) is 2.05.